The van der Waals surface area contributed by atoms with Gasteiger partial charge in [0.15, 0.2) is 11.5 Å². The molecule has 182 valence electrons. The van der Waals surface area contributed by atoms with E-state index in [9.17, 15) is 18.4 Å². The zero-order valence-electron chi connectivity index (χ0n) is 19.7. The Kier molecular flexibility index (Phi) is 6.73. The Morgan fingerprint density at radius 3 is 2.23 bits per heavy atom. The molecule has 0 bridgehead atoms. The molecule has 0 saturated carbocycles. The number of fused-ring (bicyclic) bond motifs is 1. The zero-order chi connectivity index (χ0) is 25.2. The van der Waals surface area contributed by atoms with Gasteiger partial charge in [0.25, 0.3) is 5.91 Å². The van der Waals surface area contributed by atoms with Crippen LogP contribution in [-0.4, -0.2) is 30.6 Å². The number of benzene rings is 3. The van der Waals surface area contributed by atoms with Crippen molar-refractivity contribution < 1.29 is 27.8 Å². The highest BCUT2D eigenvalue weighted by atomic mass is 19.1. The van der Waals surface area contributed by atoms with Crippen LogP contribution in [0.3, 0.4) is 0 Å². The van der Waals surface area contributed by atoms with Gasteiger partial charge in [-0.25, -0.2) is 8.78 Å². The van der Waals surface area contributed by atoms with Crippen molar-refractivity contribution in [1.82, 2.24) is 5.32 Å². The van der Waals surface area contributed by atoms with E-state index in [1.165, 1.54) is 53.4 Å². The Labute approximate surface area is 202 Å². The molecule has 0 saturated heterocycles. The molecule has 4 rings (SSSR count). The van der Waals surface area contributed by atoms with Gasteiger partial charge in [0.1, 0.15) is 30.9 Å². The SMILES string of the molecule is CC(C)(C)NC(=O)C(c1ccc(F)cc1)N(C(=O)c1ccc2c(c1)OCCO2)c1cccc(F)c1. The van der Waals surface area contributed by atoms with Gasteiger partial charge in [0.2, 0.25) is 5.91 Å². The maximum absolute atomic E-state index is 14.3. The second-order valence-corrected chi connectivity index (χ2v) is 9.21. The smallest absolute Gasteiger partial charge is 0.259 e. The van der Waals surface area contributed by atoms with E-state index in [1.807, 2.05) is 20.8 Å². The lowest BCUT2D eigenvalue weighted by Gasteiger charge is -2.34. The highest BCUT2D eigenvalue weighted by Gasteiger charge is 2.35. The fraction of sp³-hybridized carbons (Fsp3) is 0.259. The van der Waals surface area contributed by atoms with Crippen LogP contribution in [0.4, 0.5) is 14.5 Å². The first-order valence-corrected chi connectivity index (χ1v) is 11.2. The highest BCUT2D eigenvalue weighted by molar-refractivity contribution is 6.10. The molecule has 1 N–H and O–H groups in total. The van der Waals surface area contributed by atoms with Crippen molar-refractivity contribution in [2.24, 2.45) is 0 Å². The monoisotopic (exact) mass is 480 g/mol. The molecule has 8 heteroatoms. The number of hydrogen-bond acceptors (Lipinski definition) is 4. The normalized spacial score (nSPS) is 13.6. The van der Waals surface area contributed by atoms with Gasteiger partial charge in [-0.15, -0.1) is 0 Å². The molecule has 1 atom stereocenters. The summed E-state index contributed by atoms with van der Waals surface area (Å²) >= 11 is 0. The molecule has 3 aromatic rings. The van der Waals surface area contributed by atoms with Crippen molar-refractivity contribution in [3.05, 3.63) is 89.5 Å². The molecule has 3 aromatic carbocycles. The molecule has 1 aliphatic heterocycles. The van der Waals surface area contributed by atoms with Crippen LogP contribution in [0.2, 0.25) is 0 Å². The van der Waals surface area contributed by atoms with Crippen molar-refractivity contribution in [2.45, 2.75) is 32.4 Å². The first-order valence-electron chi connectivity index (χ1n) is 11.2. The van der Waals surface area contributed by atoms with Crippen molar-refractivity contribution in [2.75, 3.05) is 18.1 Å². The van der Waals surface area contributed by atoms with Gasteiger partial charge in [-0.05, 0) is 74.9 Å². The molecule has 35 heavy (non-hydrogen) atoms. The van der Waals surface area contributed by atoms with Crippen LogP contribution in [-0.2, 0) is 4.79 Å². The van der Waals surface area contributed by atoms with E-state index >= 15 is 0 Å². The standard InChI is InChI=1S/C27H26F2N2O4/c1-27(2,3)30-25(32)24(17-7-10-19(28)11-8-17)31(21-6-4-5-20(29)16-21)26(33)18-9-12-22-23(15-18)35-14-13-34-22/h4-12,15-16,24H,13-14H2,1-3H3,(H,30,32). The fourth-order valence-electron chi connectivity index (χ4n) is 3.83. The van der Waals surface area contributed by atoms with Gasteiger partial charge in [-0.2, -0.15) is 0 Å². The number of amides is 2. The predicted octanol–water partition coefficient (Wildman–Crippen LogP) is 5.04. The average Bonchev–Trinajstić information content (AvgIpc) is 2.81. The lowest BCUT2D eigenvalue weighted by atomic mass is 9.99. The Bertz CT molecular complexity index is 1240. The van der Waals surface area contributed by atoms with Crippen LogP contribution >= 0.6 is 0 Å². The van der Waals surface area contributed by atoms with Gasteiger partial charge in [-0.3, -0.25) is 14.5 Å². The van der Waals surface area contributed by atoms with Gasteiger partial charge >= 0.3 is 0 Å². The van der Waals surface area contributed by atoms with Crippen LogP contribution in [0.1, 0.15) is 42.7 Å². The number of nitrogens with one attached hydrogen (secondary N) is 1. The molecule has 0 fully saturated rings. The minimum Gasteiger partial charge on any atom is -0.486 e. The molecule has 6 nitrogen and oxygen atoms in total. The van der Waals surface area contributed by atoms with Gasteiger partial charge in [-0.1, -0.05) is 18.2 Å². The Morgan fingerprint density at radius 2 is 1.57 bits per heavy atom. The number of carbonyl (C=O) groups excluding carboxylic acids is 2. The van der Waals surface area contributed by atoms with E-state index in [1.54, 1.807) is 18.2 Å². The van der Waals surface area contributed by atoms with E-state index in [2.05, 4.69) is 5.32 Å². The number of rotatable bonds is 5. The summed E-state index contributed by atoms with van der Waals surface area (Å²) in [6.45, 7) is 6.16. The van der Waals surface area contributed by atoms with E-state index < -0.39 is 35.0 Å². The summed E-state index contributed by atoms with van der Waals surface area (Å²) in [5.41, 5.74) is 0.129. The summed E-state index contributed by atoms with van der Waals surface area (Å²) in [6, 6.07) is 14.2. The molecule has 0 aromatic heterocycles. The third-order valence-corrected chi connectivity index (χ3v) is 5.28. The summed E-state index contributed by atoms with van der Waals surface area (Å²) < 4.78 is 39.2. The van der Waals surface area contributed by atoms with Gasteiger partial charge < -0.3 is 14.8 Å². The first kappa shape index (κ1) is 24.2. The van der Waals surface area contributed by atoms with E-state index in [4.69, 9.17) is 9.47 Å². The minimum absolute atomic E-state index is 0.170. The molecule has 1 heterocycles. The second-order valence-electron chi connectivity index (χ2n) is 9.21. The van der Waals surface area contributed by atoms with Crippen molar-refractivity contribution in [1.29, 1.82) is 0 Å². The van der Waals surface area contributed by atoms with Crippen LogP contribution < -0.4 is 19.7 Å². The number of nitrogens with zero attached hydrogens (tertiary/aromatic N) is 1. The van der Waals surface area contributed by atoms with Crippen molar-refractivity contribution in [3.8, 4) is 11.5 Å². The number of carbonyl (C=O) groups is 2. The van der Waals surface area contributed by atoms with Crippen LogP contribution in [0, 0.1) is 11.6 Å². The average molecular weight is 481 g/mol. The lowest BCUT2D eigenvalue weighted by molar-refractivity contribution is -0.123. The molecule has 0 aliphatic carbocycles. The number of halogens is 2. The summed E-state index contributed by atoms with van der Waals surface area (Å²) in [7, 11) is 0. The number of ether oxygens (including phenoxy) is 2. The van der Waals surface area contributed by atoms with Crippen LogP contribution in [0.25, 0.3) is 0 Å². The topological polar surface area (TPSA) is 67.9 Å². The largest absolute Gasteiger partial charge is 0.486 e. The molecule has 2 amide bonds. The second kappa shape index (κ2) is 9.74. The summed E-state index contributed by atoms with van der Waals surface area (Å²) in [4.78, 5) is 28.7. The van der Waals surface area contributed by atoms with Crippen molar-refractivity contribution >= 4 is 17.5 Å². The Hall–Kier alpha value is -3.94. The molecule has 0 spiro atoms. The van der Waals surface area contributed by atoms with E-state index in [0.29, 0.717) is 30.3 Å². The van der Waals surface area contributed by atoms with Crippen LogP contribution in [0.15, 0.2) is 66.7 Å². The molecular weight excluding hydrogens is 454 g/mol. The zero-order valence-corrected chi connectivity index (χ0v) is 19.7. The number of anilines is 1. The Morgan fingerprint density at radius 1 is 0.886 bits per heavy atom. The van der Waals surface area contributed by atoms with Gasteiger partial charge in [0, 0.05) is 16.8 Å². The molecule has 1 unspecified atom stereocenters. The third-order valence-electron chi connectivity index (χ3n) is 5.28. The molecular formula is C27H26F2N2O4. The predicted molar refractivity (Wildman–Crippen MR) is 128 cm³/mol. The van der Waals surface area contributed by atoms with E-state index in [-0.39, 0.29) is 11.3 Å². The quantitative estimate of drug-likeness (QED) is 0.556. The van der Waals surface area contributed by atoms with Crippen molar-refractivity contribution in [3.63, 3.8) is 0 Å². The summed E-state index contributed by atoms with van der Waals surface area (Å²) in [6.07, 6.45) is 0. The lowest BCUT2D eigenvalue weighted by Crippen LogP contribution is -2.49. The highest BCUT2D eigenvalue weighted by Crippen LogP contribution is 2.35. The maximum Gasteiger partial charge on any atom is 0.259 e. The fourth-order valence-corrected chi connectivity index (χ4v) is 3.83. The van der Waals surface area contributed by atoms with E-state index in [0.717, 1.165) is 0 Å². The maximum atomic E-state index is 14.3. The van der Waals surface area contributed by atoms with Crippen LogP contribution in [0.5, 0.6) is 11.5 Å². The summed E-state index contributed by atoms with van der Waals surface area (Å²) in [5, 5.41) is 2.89. The molecule has 1 aliphatic rings. The minimum atomic E-state index is -1.21. The van der Waals surface area contributed by atoms with Gasteiger partial charge in [0.05, 0.1) is 0 Å². The Balaban J connectivity index is 1.86. The molecule has 0 radical (unpaired) electrons. The third kappa shape index (κ3) is 5.59. The number of hydrogen-bond donors (Lipinski definition) is 1. The summed E-state index contributed by atoms with van der Waals surface area (Å²) in [5.74, 6) is -1.22. The first-order chi connectivity index (χ1) is 16.6.